The third-order valence-corrected chi connectivity index (χ3v) is 4.92. The molecular formula is C14H8Br2ClNO2. The third-order valence-electron chi connectivity index (χ3n) is 2.97. The molecule has 3 nitrogen and oxygen atoms in total. The molecule has 0 aliphatic rings. The van der Waals surface area contributed by atoms with Crippen molar-refractivity contribution in [1.82, 2.24) is 4.98 Å². The predicted molar refractivity (Wildman–Crippen MR) is 86.8 cm³/mol. The van der Waals surface area contributed by atoms with E-state index in [0.29, 0.717) is 16.1 Å². The number of hydrogen-bond donors (Lipinski definition) is 1. The number of benzene rings is 2. The number of aromatic nitrogens is 1. The van der Waals surface area contributed by atoms with Crippen LogP contribution in [0.1, 0.15) is 16.0 Å². The molecule has 0 bridgehead atoms. The highest BCUT2D eigenvalue weighted by Gasteiger charge is 2.15. The molecule has 102 valence electrons. The van der Waals surface area contributed by atoms with E-state index in [1.807, 2.05) is 36.4 Å². The van der Waals surface area contributed by atoms with Crippen molar-refractivity contribution in [2.24, 2.45) is 0 Å². The van der Waals surface area contributed by atoms with E-state index < -0.39 is 5.76 Å². The number of oxazole rings is 1. The smallest absolute Gasteiger partial charge is 0.408 e. The summed E-state index contributed by atoms with van der Waals surface area (Å²) in [5, 5.41) is 0.674. The van der Waals surface area contributed by atoms with E-state index in [0.717, 1.165) is 15.6 Å². The molecular weight excluding hydrogens is 409 g/mol. The molecule has 0 aliphatic heterocycles. The van der Waals surface area contributed by atoms with Crippen LogP contribution in [0.5, 0.6) is 0 Å². The van der Waals surface area contributed by atoms with Crippen LogP contribution < -0.4 is 5.76 Å². The van der Waals surface area contributed by atoms with Crippen LogP contribution >= 0.6 is 43.5 Å². The molecule has 1 N–H and O–H groups in total. The van der Waals surface area contributed by atoms with Crippen LogP contribution in [0, 0.1) is 0 Å². The first kappa shape index (κ1) is 13.9. The van der Waals surface area contributed by atoms with Crippen LogP contribution in [0.2, 0.25) is 5.02 Å². The van der Waals surface area contributed by atoms with E-state index in [9.17, 15) is 4.79 Å². The Hall–Kier alpha value is -1.04. The van der Waals surface area contributed by atoms with Gasteiger partial charge in [-0.1, -0.05) is 55.6 Å². The first-order valence-corrected chi connectivity index (χ1v) is 7.85. The summed E-state index contributed by atoms with van der Waals surface area (Å²) >= 11 is 13.1. The Labute approximate surface area is 136 Å². The summed E-state index contributed by atoms with van der Waals surface area (Å²) in [6.07, 6.45) is 0. The lowest BCUT2D eigenvalue weighted by Gasteiger charge is -2.12. The molecule has 1 unspecified atom stereocenters. The quantitative estimate of drug-likeness (QED) is 0.595. The van der Waals surface area contributed by atoms with Crippen molar-refractivity contribution in [3.63, 3.8) is 0 Å². The second-order valence-corrected chi connectivity index (χ2v) is 6.50. The van der Waals surface area contributed by atoms with Gasteiger partial charge in [0.25, 0.3) is 0 Å². The zero-order valence-corrected chi connectivity index (χ0v) is 13.9. The Kier molecular flexibility index (Phi) is 3.75. The molecule has 1 heterocycles. The molecule has 1 atom stereocenters. The van der Waals surface area contributed by atoms with Gasteiger partial charge in [0, 0.05) is 9.50 Å². The second-order valence-electron chi connectivity index (χ2n) is 4.30. The maximum Gasteiger partial charge on any atom is 0.417 e. The molecule has 0 aliphatic carbocycles. The summed E-state index contributed by atoms with van der Waals surface area (Å²) in [5.41, 5.74) is 3.27. The Balaban J connectivity index is 2.06. The highest BCUT2D eigenvalue weighted by molar-refractivity contribution is 9.11. The van der Waals surface area contributed by atoms with Crippen molar-refractivity contribution >= 4 is 54.6 Å². The maximum absolute atomic E-state index is 11.2. The van der Waals surface area contributed by atoms with Crippen LogP contribution in [-0.2, 0) is 0 Å². The van der Waals surface area contributed by atoms with E-state index in [1.54, 1.807) is 0 Å². The molecule has 0 saturated carbocycles. The lowest BCUT2D eigenvalue weighted by molar-refractivity contribution is 0.555. The normalized spacial score (nSPS) is 12.8. The number of halogens is 3. The van der Waals surface area contributed by atoms with Gasteiger partial charge in [-0.2, -0.15) is 0 Å². The summed E-state index contributed by atoms with van der Waals surface area (Å²) in [6.45, 7) is 0. The van der Waals surface area contributed by atoms with Gasteiger partial charge in [-0.05, 0) is 35.4 Å². The Morgan fingerprint density at radius 3 is 2.75 bits per heavy atom. The fraction of sp³-hybridized carbons (Fsp3) is 0.0714. The number of H-pyrrole nitrogens is 1. The minimum Gasteiger partial charge on any atom is -0.408 e. The van der Waals surface area contributed by atoms with Gasteiger partial charge in [0.05, 0.1) is 10.3 Å². The van der Waals surface area contributed by atoms with E-state index >= 15 is 0 Å². The minimum atomic E-state index is -0.448. The molecule has 2 aromatic carbocycles. The summed E-state index contributed by atoms with van der Waals surface area (Å²) in [7, 11) is 0. The summed E-state index contributed by atoms with van der Waals surface area (Å²) < 4.78 is 6.00. The third kappa shape index (κ3) is 2.57. The Morgan fingerprint density at radius 2 is 2.00 bits per heavy atom. The SMILES string of the molecule is O=c1[nH]c2ccc(C(Br)c3ccc(Cl)cc3Br)cc2o1. The predicted octanol–water partition coefficient (Wildman–Crippen LogP) is 5.02. The number of alkyl halides is 1. The van der Waals surface area contributed by atoms with Crippen molar-refractivity contribution in [2.45, 2.75) is 4.83 Å². The molecule has 0 fully saturated rings. The zero-order chi connectivity index (χ0) is 14.3. The lowest BCUT2D eigenvalue weighted by Crippen LogP contribution is -1.94. The van der Waals surface area contributed by atoms with Gasteiger partial charge in [0.15, 0.2) is 5.58 Å². The van der Waals surface area contributed by atoms with Crippen LogP contribution in [0.25, 0.3) is 11.1 Å². The van der Waals surface area contributed by atoms with Crippen LogP contribution in [0.4, 0.5) is 0 Å². The van der Waals surface area contributed by atoms with Crippen molar-refractivity contribution in [3.8, 4) is 0 Å². The topological polar surface area (TPSA) is 46.0 Å². The second kappa shape index (κ2) is 5.39. The highest BCUT2D eigenvalue weighted by Crippen LogP contribution is 2.37. The first-order chi connectivity index (χ1) is 9.54. The van der Waals surface area contributed by atoms with E-state index in [2.05, 4.69) is 36.8 Å². The number of aromatic amines is 1. The average molecular weight is 417 g/mol. The van der Waals surface area contributed by atoms with Gasteiger partial charge in [0.1, 0.15) is 0 Å². The molecule has 3 rings (SSSR count). The average Bonchev–Trinajstić information content (AvgIpc) is 2.77. The number of nitrogens with one attached hydrogen (secondary N) is 1. The van der Waals surface area contributed by atoms with E-state index in [-0.39, 0.29) is 4.83 Å². The van der Waals surface area contributed by atoms with Gasteiger partial charge in [-0.25, -0.2) is 4.79 Å². The van der Waals surface area contributed by atoms with Crippen molar-refractivity contribution in [2.75, 3.05) is 0 Å². The molecule has 0 radical (unpaired) electrons. The van der Waals surface area contributed by atoms with Crippen LogP contribution in [-0.4, -0.2) is 4.98 Å². The summed E-state index contributed by atoms with van der Waals surface area (Å²) in [6, 6.07) is 11.2. The van der Waals surface area contributed by atoms with Crippen molar-refractivity contribution in [1.29, 1.82) is 0 Å². The first-order valence-electron chi connectivity index (χ1n) is 5.76. The van der Waals surface area contributed by atoms with E-state index in [4.69, 9.17) is 16.0 Å². The molecule has 6 heteroatoms. The molecule has 20 heavy (non-hydrogen) atoms. The lowest BCUT2D eigenvalue weighted by atomic mass is 10.0. The molecule has 0 saturated heterocycles. The standard InChI is InChI=1S/C14H8Br2ClNO2/c15-10-6-8(17)2-3-9(10)13(16)7-1-4-11-12(5-7)20-14(19)18-11/h1-6,13H,(H,18,19). The monoisotopic (exact) mass is 415 g/mol. The number of rotatable bonds is 2. The highest BCUT2D eigenvalue weighted by atomic mass is 79.9. The largest absolute Gasteiger partial charge is 0.417 e. The van der Waals surface area contributed by atoms with Gasteiger partial charge in [-0.3, -0.25) is 4.98 Å². The fourth-order valence-electron chi connectivity index (χ4n) is 2.01. The van der Waals surface area contributed by atoms with Crippen LogP contribution in [0.3, 0.4) is 0 Å². The molecule has 0 amide bonds. The summed E-state index contributed by atoms with van der Waals surface area (Å²) in [4.78, 5) is 13.8. The van der Waals surface area contributed by atoms with Gasteiger partial charge >= 0.3 is 5.76 Å². The van der Waals surface area contributed by atoms with Crippen LogP contribution in [0.15, 0.2) is 50.1 Å². The van der Waals surface area contributed by atoms with Crippen molar-refractivity contribution < 1.29 is 4.42 Å². The Morgan fingerprint density at radius 1 is 1.20 bits per heavy atom. The van der Waals surface area contributed by atoms with Crippen molar-refractivity contribution in [3.05, 3.63) is 67.6 Å². The van der Waals surface area contributed by atoms with Gasteiger partial charge < -0.3 is 4.42 Å². The van der Waals surface area contributed by atoms with E-state index in [1.165, 1.54) is 0 Å². The zero-order valence-electron chi connectivity index (χ0n) is 9.99. The molecule has 3 aromatic rings. The number of hydrogen-bond acceptors (Lipinski definition) is 2. The molecule has 1 aromatic heterocycles. The minimum absolute atomic E-state index is 0.0289. The fourth-order valence-corrected chi connectivity index (χ4v) is 3.91. The summed E-state index contributed by atoms with van der Waals surface area (Å²) in [5.74, 6) is -0.448. The molecule has 0 spiro atoms. The van der Waals surface area contributed by atoms with Gasteiger partial charge in [-0.15, -0.1) is 0 Å². The Bertz CT molecular complexity index is 841. The van der Waals surface area contributed by atoms with Gasteiger partial charge in [0.2, 0.25) is 0 Å². The maximum atomic E-state index is 11.2. The number of fused-ring (bicyclic) bond motifs is 1.